The molecule has 1 atom stereocenters. The molecule has 0 saturated heterocycles. The first-order valence-corrected chi connectivity index (χ1v) is 9.84. The number of likely N-dealkylation sites (N-methyl/N-ethyl adjacent to an activating group) is 1. The van der Waals surface area contributed by atoms with Crippen molar-refractivity contribution in [3.8, 4) is 0 Å². The third-order valence-corrected chi connectivity index (χ3v) is 5.09. The fourth-order valence-electron chi connectivity index (χ4n) is 2.32. The van der Waals surface area contributed by atoms with E-state index in [9.17, 15) is 61.1 Å². The molecule has 0 amide bonds. The number of hydrogen-bond donors (Lipinski definition) is 2. The minimum atomic E-state index is -7.76. The highest BCUT2D eigenvalue weighted by molar-refractivity contribution is 7.85. The monoisotopic (exact) mass is 524 g/mol. The van der Waals surface area contributed by atoms with Gasteiger partial charge < -0.3 is 9.59 Å². The molecule has 0 fully saturated rings. The third-order valence-electron chi connectivity index (χ3n) is 4.29. The first-order valence-electron chi connectivity index (χ1n) is 8.23. The zero-order valence-corrected chi connectivity index (χ0v) is 16.7. The summed E-state index contributed by atoms with van der Waals surface area (Å²) in [5.41, 5.74) is 0. The van der Waals surface area contributed by atoms with Gasteiger partial charge >= 0.3 is 29.9 Å². The Morgan fingerprint density at radius 3 is 1.72 bits per heavy atom. The highest BCUT2D eigenvalue weighted by Crippen LogP contribution is 2.58. The van der Waals surface area contributed by atoms with Gasteiger partial charge in [0.05, 0.1) is 26.0 Å². The van der Waals surface area contributed by atoms with Crippen molar-refractivity contribution in [3.05, 3.63) is 11.9 Å². The molecule has 0 aromatic heterocycles. The van der Waals surface area contributed by atoms with E-state index in [1.165, 1.54) is 0 Å². The van der Waals surface area contributed by atoms with Crippen LogP contribution in [0, 0.1) is 0 Å². The molecule has 0 radical (unpaired) electrons. The summed E-state index contributed by atoms with van der Waals surface area (Å²) < 4.78 is 185. The van der Waals surface area contributed by atoms with Gasteiger partial charge in [0.25, 0.3) is 10.1 Å². The van der Waals surface area contributed by atoms with Crippen LogP contribution in [-0.4, -0.2) is 91.5 Å². The van der Waals surface area contributed by atoms with E-state index in [0.29, 0.717) is 0 Å². The minimum absolute atomic E-state index is 0.436. The maximum absolute atomic E-state index is 13.7. The highest BCUT2D eigenvalue weighted by atomic mass is 32.2. The molecule has 0 heterocycles. The lowest BCUT2D eigenvalue weighted by molar-refractivity contribution is -0.904. The summed E-state index contributed by atoms with van der Waals surface area (Å²) in [7, 11) is -3.48. The van der Waals surface area contributed by atoms with E-state index in [2.05, 4.69) is 0 Å². The number of nitrogens with zero attached hydrogens (tertiary/aromatic N) is 1. The fourth-order valence-corrected chi connectivity index (χ4v) is 2.81. The van der Waals surface area contributed by atoms with Crippen molar-refractivity contribution in [1.82, 2.24) is 0 Å². The highest BCUT2D eigenvalue weighted by Gasteiger charge is 2.87. The Kier molecular flexibility index (Phi) is 9.16. The van der Waals surface area contributed by atoms with E-state index in [1.807, 2.05) is 0 Å². The molecule has 0 aliphatic rings. The van der Waals surface area contributed by atoms with Crippen LogP contribution < -0.4 is 0 Å². The molecular formula is C14H18F12NO4S+. The SMILES string of the molecule is C[N+](CC=C(F)C(F)(F)C(F)(F)C(F)(F)C(F)(F)C(F)(F)F)(CCO)CCCS(=O)(=O)O. The molecule has 0 aromatic rings. The molecule has 0 aliphatic carbocycles. The maximum atomic E-state index is 13.7. The van der Waals surface area contributed by atoms with Crippen LogP contribution in [0.5, 0.6) is 0 Å². The van der Waals surface area contributed by atoms with Crippen LogP contribution in [-0.2, 0) is 10.1 Å². The molecule has 18 heteroatoms. The van der Waals surface area contributed by atoms with Crippen molar-refractivity contribution < 1.29 is 75.2 Å². The molecule has 0 aromatic carbocycles. The minimum Gasteiger partial charge on any atom is -0.391 e. The Hall–Kier alpha value is -1.27. The van der Waals surface area contributed by atoms with Gasteiger partial charge in [-0.3, -0.25) is 4.55 Å². The molecule has 5 nitrogen and oxygen atoms in total. The third kappa shape index (κ3) is 6.40. The normalized spacial score (nSPS) is 17.4. The fraction of sp³-hybridized carbons (Fsp3) is 0.857. The van der Waals surface area contributed by atoms with Gasteiger partial charge in [-0.2, -0.15) is 56.7 Å². The summed E-state index contributed by atoms with van der Waals surface area (Å²) in [5, 5.41) is 8.93. The maximum Gasteiger partial charge on any atom is 0.460 e. The lowest BCUT2D eigenvalue weighted by Gasteiger charge is -2.37. The first kappa shape index (κ1) is 30.7. The molecule has 0 rings (SSSR count). The second kappa shape index (κ2) is 9.54. The lowest BCUT2D eigenvalue weighted by Crippen LogP contribution is -2.66. The van der Waals surface area contributed by atoms with Crippen molar-refractivity contribution in [2.75, 3.05) is 39.0 Å². The molecule has 0 saturated carbocycles. The smallest absolute Gasteiger partial charge is 0.391 e. The summed E-state index contributed by atoms with van der Waals surface area (Å²) in [6.07, 6.45) is -8.30. The van der Waals surface area contributed by atoms with Crippen molar-refractivity contribution in [2.45, 2.75) is 36.3 Å². The average Bonchev–Trinajstić information content (AvgIpc) is 2.57. The number of rotatable bonds is 12. The van der Waals surface area contributed by atoms with Gasteiger partial charge in [0, 0.05) is 12.5 Å². The number of quaternary nitrogens is 1. The number of allylic oxidation sites excluding steroid dienone is 1. The van der Waals surface area contributed by atoms with Crippen molar-refractivity contribution in [3.63, 3.8) is 0 Å². The quantitative estimate of drug-likeness (QED) is 0.232. The number of aliphatic hydroxyl groups is 1. The molecule has 0 aliphatic heterocycles. The van der Waals surface area contributed by atoms with E-state index >= 15 is 0 Å². The van der Waals surface area contributed by atoms with Gasteiger partial charge in [0.15, 0.2) is 5.83 Å². The van der Waals surface area contributed by atoms with Gasteiger partial charge in [0.2, 0.25) is 0 Å². The topological polar surface area (TPSA) is 74.6 Å². The van der Waals surface area contributed by atoms with Gasteiger partial charge in [-0.15, -0.1) is 0 Å². The summed E-state index contributed by atoms with van der Waals surface area (Å²) >= 11 is 0. The molecule has 1 unspecified atom stereocenters. The summed E-state index contributed by atoms with van der Waals surface area (Å²) in [5.74, 6) is -34.1. The van der Waals surface area contributed by atoms with Crippen molar-refractivity contribution >= 4 is 10.1 Å². The zero-order chi connectivity index (χ0) is 26.0. The second-order valence-electron chi connectivity index (χ2n) is 6.96. The van der Waals surface area contributed by atoms with Gasteiger partial charge in [-0.25, -0.2) is 4.39 Å². The largest absolute Gasteiger partial charge is 0.460 e. The van der Waals surface area contributed by atoms with Gasteiger partial charge in [-0.1, -0.05) is 0 Å². The lowest BCUT2D eigenvalue weighted by atomic mass is 9.97. The summed E-state index contributed by atoms with van der Waals surface area (Å²) in [6, 6.07) is 0. The number of hydrogen-bond acceptors (Lipinski definition) is 3. The average molecular weight is 524 g/mol. The molecule has 192 valence electrons. The standard InChI is InChI=1S/C14H17F12NO4S/c1-27(6-7-28,4-2-8-32(29,30)31)5-3-9(15)10(16,17)11(18,19)12(20,21)13(22,23)14(24,25)26/h3,28H,2,4-8H2,1H3/p+1. The Bertz CT molecular complexity index is 781. The summed E-state index contributed by atoms with van der Waals surface area (Å²) in [4.78, 5) is 0. The van der Waals surface area contributed by atoms with E-state index in [-0.39, 0.29) is 0 Å². The Balaban J connectivity index is 5.94. The van der Waals surface area contributed by atoms with Crippen LogP contribution in [0.25, 0.3) is 0 Å². The number of aliphatic hydroxyl groups excluding tert-OH is 1. The second-order valence-corrected chi connectivity index (χ2v) is 8.53. The number of alkyl halides is 11. The molecule has 32 heavy (non-hydrogen) atoms. The molecule has 0 bridgehead atoms. The van der Waals surface area contributed by atoms with Gasteiger partial charge in [-0.05, 0) is 0 Å². The Morgan fingerprint density at radius 2 is 1.34 bits per heavy atom. The number of halogens is 12. The Labute approximate surface area is 173 Å². The van der Waals surface area contributed by atoms with E-state index in [0.717, 1.165) is 7.05 Å². The molecular weight excluding hydrogens is 506 g/mol. The van der Waals surface area contributed by atoms with Crippen LogP contribution in [0.3, 0.4) is 0 Å². The van der Waals surface area contributed by atoms with Crippen LogP contribution >= 0.6 is 0 Å². The van der Waals surface area contributed by atoms with E-state index in [1.54, 1.807) is 0 Å². The summed E-state index contributed by atoms with van der Waals surface area (Å²) in [6.45, 7) is -2.81. The van der Waals surface area contributed by atoms with Crippen LogP contribution in [0.1, 0.15) is 6.42 Å². The van der Waals surface area contributed by atoms with Crippen LogP contribution in [0.15, 0.2) is 11.9 Å². The van der Waals surface area contributed by atoms with Crippen LogP contribution in [0.4, 0.5) is 52.7 Å². The Morgan fingerprint density at radius 1 is 0.875 bits per heavy atom. The molecule has 0 spiro atoms. The van der Waals surface area contributed by atoms with E-state index in [4.69, 9.17) is 9.66 Å². The predicted molar refractivity (Wildman–Crippen MR) is 83.9 cm³/mol. The predicted octanol–water partition coefficient (Wildman–Crippen LogP) is 3.66. The van der Waals surface area contributed by atoms with Crippen molar-refractivity contribution in [1.29, 1.82) is 0 Å². The van der Waals surface area contributed by atoms with Crippen LogP contribution in [0.2, 0.25) is 0 Å². The zero-order valence-electron chi connectivity index (χ0n) is 15.9. The van der Waals surface area contributed by atoms with Crippen molar-refractivity contribution in [2.24, 2.45) is 0 Å². The van der Waals surface area contributed by atoms with E-state index < -0.39 is 94.8 Å². The molecule has 2 N–H and O–H groups in total. The first-order chi connectivity index (χ1) is 13.9. The van der Waals surface area contributed by atoms with Gasteiger partial charge in [0.1, 0.15) is 13.1 Å².